The third-order valence-corrected chi connectivity index (χ3v) is 3.61. The Labute approximate surface area is 127 Å². The molecule has 0 aliphatic heterocycles. The average Bonchev–Trinajstić information content (AvgIpc) is 2.46. The zero-order valence-corrected chi connectivity index (χ0v) is 13.6. The van der Waals surface area contributed by atoms with Crippen molar-refractivity contribution in [1.29, 1.82) is 0 Å². The molecule has 0 amide bonds. The predicted octanol–water partition coefficient (Wildman–Crippen LogP) is 1.75. The normalized spacial score (nSPS) is 16.9. The number of aliphatic hydroxyl groups is 1. The molecule has 0 radical (unpaired) electrons. The molecule has 0 saturated heterocycles. The molecule has 0 aliphatic carbocycles. The molecule has 0 saturated carbocycles. The van der Waals surface area contributed by atoms with Gasteiger partial charge >= 0.3 is 0 Å². The van der Waals surface area contributed by atoms with Crippen LogP contribution in [-0.4, -0.2) is 43.7 Å². The molecule has 0 aliphatic rings. The molecule has 21 heavy (non-hydrogen) atoms. The number of ether oxygens (including phenoxy) is 3. The van der Waals surface area contributed by atoms with E-state index in [-0.39, 0.29) is 6.10 Å². The molecule has 0 aromatic heterocycles. The van der Waals surface area contributed by atoms with Crippen molar-refractivity contribution in [3.05, 3.63) is 23.8 Å². The third-order valence-electron chi connectivity index (χ3n) is 3.61. The van der Waals surface area contributed by atoms with Gasteiger partial charge in [-0.1, -0.05) is 6.07 Å². The van der Waals surface area contributed by atoms with E-state index in [4.69, 9.17) is 19.9 Å². The van der Waals surface area contributed by atoms with Crippen LogP contribution in [0.1, 0.15) is 26.3 Å². The lowest BCUT2D eigenvalue weighted by atomic mass is 9.95. The van der Waals surface area contributed by atoms with Crippen molar-refractivity contribution in [1.82, 2.24) is 0 Å². The van der Waals surface area contributed by atoms with Crippen molar-refractivity contribution < 1.29 is 19.3 Å². The number of benzene rings is 1. The summed E-state index contributed by atoms with van der Waals surface area (Å²) in [5.74, 6) is 1.37. The van der Waals surface area contributed by atoms with Crippen molar-refractivity contribution in [3.8, 4) is 11.5 Å². The topological polar surface area (TPSA) is 73.9 Å². The highest BCUT2D eigenvalue weighted by atomic mass is 16.5. The van der Waals surface area contributed by atoms with E-state index in [1.807, 2.05) is 32.0 Å². The number of rotatable bonds is 8. The van der Waals surface area contributed by atoms with Crippen molar-refractivity contribution in [2.45, 2.75) is 45.0 Å². The molecule has 0 fully saturated rings. The summed E-state index contributed by atoms with van der Waals surface area (Å²) in [6, 6.07) is 5.75. The number of hydrogen-bond acceptors (Lipinski definition) is 5. The minimum absolute atomic E-state index is 0.279. The van der Waals surface area contributed by atoms with Crippen LogP contribution in [0.2, 0.25) is 0 Å². The first-order valence-corrected chi connectivity index (χ1v) is 7.12. The number of aliphatic hydroxyl groups excluding tert-OH is 1. The zero-order chi connectivity index (χ0) is 16.0. The van der Waals surface area contributed by atoms with Gasteiger partial charge < -0.3 is 25.1 Å². The van der Waals surface area contributed by atoms with E-state index in [1.54, 1.807) is 21.1 Å². The molecule has 5 heteroatoms. The Morgan fingerprint density at radius 2 is 1.81 bits per heavy atom. The Balaban J connectivity index is 2.90. The van der Waals surface area contributed by atoms with Crippen LogP contribution in [0.15, 0.2) is 18.2 Å². The molecule has 120 valence electrons. The molecule has 3 atom stereocenters. The van der Waals surface area contributed by atoms with Crippen molar-refractivity contribution in [2.24, 2.45) is 5.73 Å². The van der Waals surface area contributed by atoms with Gasteiger partial charge in [0.05, 0.1) is 32.0 Å². The largest absolute Gasteiger partial charge is 0.493 e. The Bertz CT molecular complexity index is 450. The second-order valence-electron chi connectivity index (χ2n) is 5.58. The standard InChI is InChI=1S/C16H27NO4/c1-11(18)12(2)21-16(3,10-17)9-13-6-7-14(19-4)15(8-13)20-5/h6-8,11-12,18H,9-10,17H2,1-5H3. The first-order chi connectivity index (χ1) is 9.85. The lowest BCUT2D eigenvalue weighted by molar-refractivity contribution is -0.109. The van der Waals surface area contributed by atoms with E-state index in [0.29, 0.717) is 24.5 Å². The minimum atomic E-state index is -0.546. The molecule has 3 N–H and O–H groups in total. The maximum atomic E-state index is 9.59. The average molecular weight is 297 g/mol. The summed E-state index contributed by atoms with van der Waals surface area (Å²) in [4.78, 5) is 0. The Morgan fingerprint density at radius 3 is 2.29 bits per heavy atom. The summed E-state index contributed by atoms with van der Waals surface area (Å²) in [6.45, 7) is 5.85. The zero-order valence-electron chi connectivity index (χ0n) is 13.6. The smallest absolute Gasteiger partial charge is 0.160 e. The molecule has 1 rings (SSSR count). The van der Waals surface area contributed by atoms with Gasteiger partial charge in [0.2, 0.25) is 0 Å². The second-order valence-corrected chi connectivity index (χ2v) is 5.58. The summed E-state index contributed by atoms with van der Waals surface area (Å²) in [5, 5.41) is 9.59. The fourth-order valence-electron chi connectivity index (χ4n) is 2.13. The molecular weight excluding hydrogens is 270 g/mol. The minimum Gasteiger partial charge on any atom is -0.493 e. The number of nitrogens with two attached hydrogens (primary N) is 1. The van der Waals surface area contributed by atoms with Crippen LogP contribution in [-0.2, 0) is 11.2 Å². The molecule has 1 aromatic carbocycles. The number of methoxy groups -OCH3 is 2. The van der Waals surface area contributed by atoms with Crippen LogP contribution >= 0.6 is 0 Å². The summed E-state index contributed by atoms with van der Waals surface area (Å²) in [6.07, 6.45) is -0.194. The quantitative estimate of drug-likeness (QED) is 0.764. The fourth-order valence-corrected chi connectivity index (χ4v) is 2.13. The van der Waals surface area contributed by atoms with Gasteiger partial charge in [-0.05, 0) is 38.5 Å². The van der Waals surface area contributed by atoms with E-state index in [2.05, 4.69) is 0 Å². The molecule has 5 nitrogen and oxygen atoms in total. The summed E-state index contributed by atoms with van der Waals surface area (Å²) < 4.78 is 16.5. The van der Waals surface area contributed by atoms with Gasteiger partial charge in [0.25, 0.3) is 0 Å². The summed E-state index contributed by atoms with van der Waals surface area (Å²) in [7, 11) is 3.21. The van der Waals surface area contributed by atoms with E-state index in [0.717, 1.165) is 5.56 Å². The molecule has 0 heterocycles. The van der Waals surface area contributed by atoms with Gasteiger partial charge in [-0.2, -0.15) is 0 Å². The molecule has 3 unspecified atom stereocenters. The molecular formula is C16H27NO4. The van der Waals surface area contributed by atoms with E-state index < -0.39 is 11.7 Å². The highest BCUT2D eigenvalue weighted by Crippen LogP contribution is 2.30. The Morgan fingerprint density at radius 1 is 1.19 bits per heavy atom. The van der Waals surface area contributed by atoms with Crippen LogP contribution in [0.4, 0.5) is 0 Å². The number of hydrogen-bond donors (Lipinski definition) is 2. The third kappa shape index (κ3) is 4.88. The maximum Gasteiger partial charge on any atom is 0.160 e. The fraction of sp³-hybridized carbons (Fsp3) is 0.625. The lowest BCUT2D eigenvalue weighted by Gasteiger charge is -2.33. The Kier molecular flexibility index (Phi) is 6.45. The van der Waals surface area contributed by atoms with Crippen LogP contribution in [0.3, 0.4) is 0 Å². The van der Waals surface area contributed by atoms with E-state index >= 15 is 0 Å². The summed E-state index contributed by atoms with van der Waals surface area (Å²) >= 11 is 0. The molecule has 0 bridgehead atoms. The van der Waals surface area contributed by atoms with Crippen LogP contribution in [0.25, 0.3) is 0 Å². The van der Waals surface area contributed by atoms with Gasteiger partial charge in [-0.25, -0.2) is 0 Å². The van der Waals surface area contributed by atoms with Crippen LogP contribution < -0.4 is 15.2 Å². The second kappa shape index (κ2) is 7.64. The van der Waals surface area contributed by atoms with Crippen LogP contribution in [0.5, 0.6) is 11.5 Å². The highest BCUT2D eigenvalue weighted by Gasteiger charge is 2.28. The summed E-state index contributed by atoms with van der Waals surface area (Å²) in [5.41, 5.74) is 6.36. The van der Waals surface area contributed by atoms with Crippen molar-refractivity contribution in [3.63, 3.8) is 0 Å². The van der Waals surface area contributed by atoms with Crippen LogP contribution in [0, 0.1) is 0 Å². The van der Waals surface area contributed by atoms with E-state index in [1.165, 1.54) is 0 Å². The van der Waals surface area contributed by atoms with Gasteiger partial charge in [-0.15, -0.1) is 0 Å². The monoisotopic (exact) mass is 297 g/mol. The first-order valence-electron chi connectivity index (χ1n) is 7.12. The molecule has 1 aromatic rings. The van der Waals surface area contributed by atoms with E-state index in [9.17, 15) is 5.11 Å². The lowest BCUT2D eigenvalue weighted by Crippen LogP contribution is -2.44. The Hall–Kier alpha value is -1.30. The van der Waals surface area contributed by atoms with Gasteiger partial charge in [-0.3, -0.25) is 0 Å². The first kappa shape index (κ1) is 17.8. The van der Waals surface area contributed by atoms with Crippen molar-refractivity contribution in [2.75, 3.05) is 20.8 Å². The maximum absolute atomic E-state index is 9.59. The predicted molar refractivity (Wildman–Crippen MR) is 82.9 cm³/mol. The van der Waals surface area contributed by atoms with Gasteiger partial charge in [0.15, 0.2) is 11.5 Å². The van der Waals surface area contributed by atoms with Gasteiger partial charge in [0.1, 0.15) is 0 Å². The molecule has 0 spiro atoms. The highest BCUT2D eigenvalue weighted by molar-refractivity contribution is 5.43. The van der Waals surface area contributed by atoms with Gasteiger partial charge in [0, 0.05) is 13.0 Å². The SMILES string of the molecule is COc1ccc(CC(C)(CN)OC(C)C(C)O)cc1OC. The van der Waals surface area contributed by atoms with Crippen molar-refractivity contribution >= 4 is 0 Å².